The first-order chi connectivity index (χ1) is 6.79. The summed E-state index contributed by atoms with van der Waals surface area (Å²) >= 11 is 0. The first-order valence-electron chi connectivity index (χ1n) is 4.17. The molecule has 0 unspecified atom stereocenters. The van der Waals surface area contributed by atoms with Gasteiger partial charge in [-0.05, 0) is 0 Å². The standard InChI is InChI=1S/C8H13N3O3/c1-13-6-7(9)10-5-11-8(6)14-4-2-3-12/h5,12H,2-4H2,1H3,(H2,9,10,11). The molecular formula is C8H13N3O3. The maximum Gasteiger partial charge on any atom is 0.262 e. The van der Waals surface area contributed by atoms with Crippen molar-refractivity contribution in [3.05, 3.63) is 6.33 Å². The Morgan fingerprint density at radius 2 is 2.29 bits per heavy atom. The summed E-state index contributed by atoms with van der Waals surface area (Å²) in [5, 5.41) is 8.56. The second-order valence-corrected chi connectivity index (χ2v) is 2.52. The number of hydrogen-bond acceptors (Lipinski definition) is 6. The SMILES string of the molecule is COc1c(N)ncnc1OCCCO. The third-order valence-electron chi connectivity index (χ3n) is 1.54. The number of aliphatic hydroxyl groups excluding tert-OH is 1. The van der Waals surface area contributed by atoms with E-state index in [1.807, 2.05) is 0 Å². The lowest BCUT2D eigenvalue weighted by molar-refractivity contribution is 0.223. The molecule has 0 aromatic carbocycles. The molecule has 6 heteroatoms. The first-order valence-corrected chi connectivity index (χ1v) is 4.17. The summed E-state index contributed by atoms with van der Waals surface area (Å²) < 4.78 is 10.2. The highest BCUT2D eigenvalue weighted by Gasteiger charge is 2.09. The molecule has 0 saturated heterocycles. The third kappa shape index (κ3) is 2.46. The van der Waals surface area contributed by atoms with Gasteiger partial charge >= 0.3 is 0 Å². The van der Waals surface area contributed by atoms with Crippen molar-refractivity contribution in [2.75, 3.05) is 26.1 Å². The van der Waals surface area contributed by atoms with E-state index in [1.54, 1.807) is 0 Å². The second-order valence-electron chi connectivity index (χ2n) is 2.52. The maximum atomic E-state index is 8.56. The molecule has 0 amide bonds. The van der Waals surface area contributed by atoms with Crippen molar-refractivity contribution in [3.63, 3.8) is 0 Å². The van der Waals surface area contributed by atoms with E-state index in [9.17, 15) is 0 Å². The summed E-state index contributed by atoms with van der Waals surface area (Å²) in [6, 6.07) is 0. The van der Waals surface area contributed by atoms with Crippen molar-refractivity contribution in [1.29, 1.82) is 0 Å². The van der Waals surface area contributed by atoms with Gasteiger partial charge in [0, 0.05) is 13.0 Å². The minimum atomic E-state index is 0.0723. The topological polar surface area (TPSA) is 90.5 Å². The lowest BCUT2D eigenvalue weighted by atomic mass is 10.5. The highest BCUT2D eigenvalue weighted by atomic mass is 16.5. The number of nitrogens with zero attached hydrogens (tertiary/aromatic N) is 2. The summed E-state index contributed by atoms with van der Waals surface area (Å²) in [5.74, 6) is 0.861. The monoisotopic (exact) mass is 199 g/mol. The van der Waals surface area contributed by atoms with Gasteiger partial charge in [0.15, 0.2) is 5.82 Å². The zero-order chi connectivity index (χ0) is 10.4. The summed E-state index contributed by atoms with van der Waals surface area (Å²) in [6.45, 7) is 0.437. The fraction of sp³-hybridized carbons (Fsp3) is 0.500. The van der Waals surface area contributed by atoms with Crippen LogP contribution in [0.3, 0.4) is 0 Å². The van der Waals surface area contributed by atoms with Crippen molar-refractivity contribution in [2.45, 2.75) is 6.42 Å². The fourth-order valence-corrected chi connectivity index (χ4v) is 0.898. The van der Waals surface area contributed by atoms with Gasteiger partial charge in [0.25, 0.3) is 5.88 Å². The molecule has 6 nitrogen and oxygen atoms in total. The van der Waals surface area contributed by atoms with E-state index < -0.39 is 0 Å². The molecular weight excluding hydrogens is 186 g/mol. The van der Waals surface area contributed by atoms with Gasteiger partial charge in [-0.3, -0.25) is 0 Å². The number of methoxy groups -OCH3 is 1. The molecule has 0 atom stereocenters. The lowest BCUT2D eigenvalue weighted by Crippen LogP contribution is -2.05. The van der Waals surface area contributed by atoms with Crippen molar-refractivity contribution >= 4 is 5.82 Å². The molecule has 1 aromatic rings. The van der Waals surface area contributed by atoms with Gasteiger partial charge in [-0.15, -0.1) is 0 Å². The molecule has 0 aliphatic heterocycles. The smallest absolute Gasteiger partial charge is 0.262 e. The molecule has 1 heterocycles. The minimum absolute atomic E-state index is 0.0723. The Balaban J connectivity index is 2.70. The first kappa shape index (κ1) is 10.5. The average molecular weight is 199 g/mol. The average Bonchev–Trinajstić information content (AvgIpc) is 2.18. The van der Waals surface area contributed by atoms with E-state index in [4.69, 9.17) is 20.3 Å². The van der Waals surface area contributed by atoms with Crippen molar-refractivity contribution < 1.29 is 14.6 Å². The van der Waals surface area contributed by atoms with E-state index in [0.717, 1.165) is 0 Å². The quantitative estimate of drug-likeness (QED) is 0.640. The molecule has 0 aliphatic carbocycles. The Hall–Kier alpha value is -1.56. The van der Waals surface area contributed by atoms with Crippen molar-refractivity contribution in [1.82, 2.24) is 9.97 Å². The zero-order valence-corrected chi connectivity index (χ0v) is 7.93. The number of hydrogen-bond donors (Lipinski definition) is 2. The van der Waals surface area contributed by atoms with Crippen LogP contribution < -0.4 is 15.2 Å². The number of anilines is 1. The Bertz CT molecular complexity index is 293. The fourth-order valence-electron chi connectivity index (χ4n) is 0.898. The van der Waals surface area contributed by atoms with E-state index >= 15 is 0 Å². The van der Waals surface area contributed by atoms with Crippen LogP contribution in [0.1, 0.15) is 6.42 Å². The van der Waals surface area contributed by atoms with Gasteiger partial charge in [0.1, 0.15) is 6.33 Å². The van der Waals surface area contributed by atoms with Crippen molar-refractivity contribution in [3.8, 4) is 11.6 Å². The molecule has 78 valence electrons. The Labute approximate surface area is 81.7 Å². The third-order valence-corrected chi connectivity index (χ3v) is 1.54. The van der Waals surface area contributed by atoms with Gasteiger partial charge in [-0.25, -0.2) is 4.98 Å². The van der Waals surface area contributed by atoms with Gasteiger partial charge < -0.3 is 20.3 Å². The van der Waals surface area contributed by atoms with Crippen LogP contribution in [0.5, 0.6) is 11.6 Å². The summed E-state index contributed by atoms with van der Waals surface area (Å²) in [6.07, 6.45) is 1.83. The molecule has 14 heavy (non-hydrogen) atoms. The van der Waals surface area contributed by atoms with Crippen LogP contribution in [0.2, 0.25) is 0 Å². The van der Waals surface area contributed by atoms with Crippen LogP contribution in [0.15, 0.2) is 6.33 Å². The number of nitrogen functional groups attached to an aromatic ring is 1. The molecule has 0 spiro atoms. The summed E-state index contributed by atoms with van der Waals surface area (Å²) in [7, 11) is 1.47. The number of aliphatic hydroxyl groups is 1. The normalized spacial score (nSPS) is 9.86. The number of aromatic nitrogens is 2. The van der Waals surface area contributed by atoms with Crippen LogP contribution >= 0.6 is 0 Å². The van der Waals surface area contributed by atoms with Crippen LogP contribution in [-0.4, -0.2) is 35.4 Å². The van der Waals surface area contributed by atoms with Gasteiger partial charge in [-0.1, -0.05) is 0 Å². The Kier molecular flexibility index (Phi) is 3.93. The molecule has 0 saturated carbocycles. The maximum absolute atomic E-state index is 8.56. The molecule has 0 fully saturated rings. The van der Waals surface area contributed by atoms with E-state index in [1.165, 1.54) is 13.4 Å². The molecule has 1 rings (SSSR count). The van der Waals surface area contributed by atoms with Crippen LogP contribution in [0.25, 0.3) is 0 Å². The summed E-state index contributed by atoms with van der Waals surface area (Å²) in [4.78, 5) is 7.61. The predicted octanol–water partition coefficient (Wildman–Crippen LogP) is -0.171. The van der Waals surface area contributed by atoms with E-state index in [0.29, 0.717) is 24.7 Å². The lowest BCUT2D eigenvalue weighted by Gasteiger charge is -2.09. The number of nitrogens with two attached hydrogens (primary N) is 1. The highest BCUT2D eigenvalue weighted by Crippen LogP contribution is 2.28. The molecule has 0 bridgehead atoms. The zero-order valence-electron chi connectivity index (χ0n) is 7.93. The Morgan fingerprint density at radius 1 is 1.50 bits per heavy atom. The molecule has 0 aliphatic rings. The largest absolute Gasteiger partial charge is 0.489 e. The number of ether oxygens (including phenoxy) is 2. The molecule has 0 radical (unpaired) electrons. The van der Waals surface area contributed by atoms with Crippen molar-refractivity contribution in [2.24, 2.45) is 0 Å². The van der Waals surface area contributed by atoms with Gasteiger partial charge in [0.05, 0.1) is 13.7 Å². The Morgan fingerprint density at radius 3 is 2.93 bits per heavy atom. The van der Waals surface area contributed by atoms with Crippen LogP contribution in [-0.2, 0) is 0 Å². The van der Waals surface area contributed by atoms with Crippen LogP contribution in [0, 0.1) is 0 Å². The second kappa shape index (κ2) is 5.23. The predicted molar refractivity (Wildman–Crippen MR) is 50.2 cm³/mol. The van der Waals surface area contributed by atoms with Crippen LogP contribution in [0.4, 0.5) is 5.82 Å². The van der Waals surface area contributed by atoms with Gasteiger partial charge in [0.2, 0.25) is 5.75 Å². The minimum Gasteiger partial charge on any atom is -0.489 e. The molecule has 1 aromatic heterocycles. The van der Waals surface area contributed by atoms with E-state index in [2.05, 4.69) is 9.97 Å². The number of rotatable bonds is 5. The van der Waals surface area contributed by atoms with Gasteiger partial charge in [-0.2, -0.15) is 4.98 Å². The van der Waals surface area contributed by atoms with E-state index in [-0.39, 0.29) is 12.4 Å². The molecule has 3 N–H and O–H groups in total. The summed E-state index contributed by atoms with van der Waals surface area (Å²) in [5.41, 5.74) is 5.53. The highest BCUT2D eigenvalue weighted by molar-refractivity contribution is 5.51.